The first-order valence-electron chi connectivity index (χ1n) is 16.6. The van der Waals surface area contributed by atoms with Crippen LogP contribution in [0.25, 0.3) is 0 Å². The monoisotopic (exact) mass is 638 g/mol. The highest BCUT2D eigenvalue weighted by atomic mass is 16.6. The van der Waals surface area contributed by atoms with Crippen molar-refractivity contribution < 1.29 is 33.2 Å². The Balaban J connectivity index is 1.42. The van der Waals surface area contributed by atoms with Gasteiger partial charge in [-0.05, 0) is 42.0 Å². The average Bonchev–Trinajstić information content (AvgIpc) is 3.11. The van der Waals surface area contributed by atoms with E-state index in [1.807, 2.05) is 116 Å². The molecule has 47 heavy (non-hydrogen) atoms. The molecule has 0 N–H and O–H groups in total. The van der Waals surface area contributed by atoms with E-state index in [1.54, 1.807) is 0 Å². The largest absolute Gasteiger partial charge is 0.466 e. The molecule has 1 heterocycles. The maximum Gasteiger partial charge on any atom is 0.305 e. The summed E-state index contributed by atoms with van der Waals surface area (Å²) in [5.41, 5.74) is 4.24. The van der Waals surface area contributed by atoms with Crippen molar-refractivity contribution in [3.63, 3.8) is 0 Å². The van der Waals surface area contributed by atoms with E-state index in [1.165, 1.54) is 0 Å². The molecule has 0 amide bonds. The van der Waals surface area contributed by atoms with Crippen molar-refractivity contribution in [1.82, 2.24) is 0 Å². The summed E-state index contributed by atoms with van der Waals surface area (Å²) in [5.74, 6) is -0.214. The Morgan fingerprint density at radius 2 is 1.00 bits per heavy atom. The molecule has 4 aromatic rings. The van der Waals surface area contributed by atoms with Gasteiger partial charge in [0.2, 0.25) is 0 Å². The molecule has 0 unspecified atom stereocenters. The first kappa shape index (κ1) is 34.5. The van der Waals surface area contributed by atoms with Crippen LogP contribution in [-0.2, 0) is 59.6 Å². The molecule has 248 valence electrons. The van der Waals surface area contributed by atoms with Crippen molar-refractivity contribution in [2.75, 3.05) is 13.2 Å². The van der Waals surface area contributed by atoms with Gasteiger partial charge in [0.15, 0.2) is 0 Å². The highest BCUT2D eigenvalue weighted by Gasteiger charge is 2.48. The third-order valence-corrected chi connectivity index (χ3v) is 8.15. The fraction of sp³-hybridized carbons (Fsp3) is 0.375. The van der Waals surface area contributed by atoms with Gasteiger partial charge in [0.05, 0.1) is 45.7 Å². The Hall–Kier alpha value is -3.85. The van der Waals surface area contributed by atoms with Crippen LogP contribution in [-0.4, -0.2) is 49.7 Å². The van der Waals surface area contributed by atoms with Crippen LogP contribution in [0.2, 0.25) is 0 Å². The fourth-order valence-electron chi connectivity index (χ4n) is 5.80. The summed E-state index contributed by atoms with van der Waals surface area (Å²) in [6.45, 7) is 4.08. The number of ether oxygens (including phenoxy) is 6. The van der Waals surface area contributed by atoms with Gasteiger partial charge in [-0.25, -0.2) is 0 Å². The molecule has 7 nitrogen and oxygen atoms in total. The van der Waals surface area contributed by atoms with E-state index in [4.69, 9.17) is 28.4 Å². The molecule has 5 rings (SSSR count). The molecule has 1 saturated heterocycles. The Kier molecular flexibility index (Phi) is 14.0. The normalized spacial score (nSPS) is 20.9. The van der Waals surface area contributed by atoms with Crippen molar-refractivity contribution in [3.05, 3.63) is 144 Å². The Labute approximate surface area is 278 Å². The third kappa shape index (κ3) is 11.1. The van der Waals surface area contributed by atoms with Crippen LogP contribution in [0.1, 0.15) is 48.4 Å². The fourth-order valence-corrected chi connectivity index (χ4v) is 5.80. The van der Waals surface area contributed by atoms with Gasteiger partial charge >= 0.3 is 5.97 Å². The van der Waals surface area contributed by atoms with Gasteiger partial charge in [0, 0.05) is 6.42 Å². The van der Waals surface area contributed by atoms with Crippen molar-refractivity contribution in [2.45, 2.75) is 83.1 Å². The quantitative estimate of drug-likeness (QED) is 0.105. The second-order valence-electron chi connectivity index (χ2n) is 11.7. The van der Waals surface area contributed by atoms with E-state index in [9.17, 15) is 4.79 Å². The molecule has 0 aliphatic carbocycles. The molecule has 7 heteroatoms. The zero-order valence-electron chi connectivity index (χ0n) is 27.2. The molecule has 1 fully saturated rings. The summed E-state index contributed by atoms with van der Waals surface area (Å²) in [7, 11) is 0. The lowest BCUT2D eigenvalue weighted by atomic mass is 9.91. The van der Waals surface area contributed by atoms with Gasteiger partial charge in [-0.1, -0.05) is 121 Å². The maximum absolute atomic E-state index is 12.3. The molecular formula is C40H46O7. The van der Waals surface area contributed by atoms with Crippen LogP contribution in [0.4, 0.5) is 0 Å². The van der Waals surface area contributed by atoms with Gasteiger partial charge < -0.3 is 28.4 Å². The lowest BCUT2D eigenvalue weighted by molar-refractivity contribution is -0.273. The van der Waals surface area contributed by atoms with Crippen LogP contribution < -0.4 is 0 Å². The molecule has 1 aliphatic rings. The highest BCUT2D eigenvalue weighted by molar-refractivity contribution is 5.69. The van der Waals surface area contributed by atoms with Crippen molar-refractivity contribution in [1.29, 1.82) is 0 Å². The zero-order chi connectivity index (χ0) is 32.5. The van der Waals surface area contributed by atoms with Crippen molar-refractivity contribution in [3.8, 4) is 0 Å². The van der Waals surface area contributed by atoms with Crippen LogP contribution in [0, 0.1) is 0 Å². The van der Waals surface area contributed by atoms with E-state index in [2.05, 4.69) is 12.1 Å². The van der Waals surface area contributed by atoms with Gasteiger partial charge in [-0.3, -0.25) is 4.79 Å². The Bertz CT molecular complexity index is 1420. The number of carbonyl (C=O) groups is 1. The standard InChI is InChI=1S/C40H46O7/c1-2-43-37(41)25-15-24-35-38(44-27-32-18-9-4-10-19-32)40(46-29-34-22-13-6-14-23-34)39(45-28-33-20-11-5-12-21-33)36(47-35)30-42-26-31-16-7-3-8-17-31/h3-14,16-23,35-36,38-40H,2,15,24-30H2,1H3/t35-,36-,38-,39-,40-/m1/s1. The highest BCUT2D eigenvalue weighted by Crippen LogP contribution is 2.33. The van der Waals surface area contributed by atoms with Gasteiger partial charge in [0.25, 0.3) is 0 Å². The number of carbonyl (C=O) groups excluding carboxylic acids is 1. The van der Waals surface area contributed by atoms with E-state index in [-0.39, 0.29) is 12.1 Å². The maximum atomic E-state index is 12.3. The third-order valence-electron chi connectivity index (χ3n) is 8.15. The molecule has 0 radical (unpaired) electrons. The summed E-state index contributed by atoms with van der Waals surface area (Å²) < 4.78 is 38.5. The molecule has 0 saturated carbocycles. The molecule has 1 aliphatic heterocycles. The van der Waals surface area contributed by atoms with Gasteiger partial charge in [-0.2, -0.15) is 0 Å². The van der Waals surface area contributed by atoms with E-state index in [0.717, 1.165) is 22.3 Å². The minimum Gasteiger partial charge on any atom is -0.466 e. The number of hydrogen-bond donors (Lipinski definition) is 0. The van der Waals surface area contributed by atoms with Crippen LogP contribution in [0.3, 0.4) is 0 Å². The Morgan fingerprint density at radius 3 is 1.47 bits per heavy atom. The lowest BCUT2D eigenvalue weighted by Gasteiger charge is -2.46. The second kappa shape index (κ2) is 19.1. The molecule has 5 atom stereocenters. The number of hydrogen-bond acceptors (Lipinski definition) is 7. The molecule has 0 bridgehead atoms. The molecular weight excluding hydrogens is 592 g/mol. The van der Waals surface area contributed by atoms with Gasteiger partial charge in [-0.15, -0.1) is 0 Å². The van der Waals surface area contributed by atoms with E-state index < -0.39 is 24.4 Å². The number of rotatable bonds is 18. The van der Waals surface area contributed by atoms with Gasteiger partial charge in [0.1, 0.15) is 24.4 Å². The smallest absolute Gasteiger partial charge is 0.305 e. The summed E-state index contributed by atoms with van der Waals surface area (Å²) in [6, 6.07) is 40.4. The van der Waals surface area contributed by atoms with Crippen molar-refractivity contribution in [2.24, 2.45) is 0 Å². The predicted molar refractivity (Wildman–Crippen MR) is 180 cm³/mol. The average molecular weight is 639 g/mol. The first-order valence-corrected chi connectivity index (χ1v) is 16.6. The summed E-state index contributed by atoms with van der Waals surface area (Å²) in [4.78, 5) is 12.3. The second-order valence-corrected chi connectivity index (χ2v) is 11.7. The first-order chi connectivity index (χ1) is 23.2. The zero-order valence-corrected chi connectivity index (χ0v) is 27.2. The predicted octanol–water partition coefficient (Wildman–Crippen LogP) is 7.46. The molecule has 0 aromatic heterocycles. The minimum absolute atomic E-state index is 0.214. The van der Waals surface area contributed by atoms with Crippen LogP contribution in [0.5, 0.6) is 0 Å². The van der Waals surface area contributed by atoms with E-state index in [0.29, 0.717) is 58.9 Å². The lowest BCUT2D eigenvalue weighted by Crippen LogP contribution is -2.61. The minimum atomic E-state index is -0.489. The van der Waals surface area contributed by atoms with Crippen LogP contribution >= 0.6 is 0 Å². The molecule has 0 spiro atoms. The molecule has 4 aromatic carbocycles. The summed E-state index contributed by atoms with van der Waals surface area (Å²) >= 11 is 0. The summed E-state index contributed by atoms with van der Waals surface area (Å²) in [5, 5.41) is 0. The SMILES string of the molecule is CCOC(=O)CCC[C@H]1O[C@H](COCc2ccccc2)[C@@H](OCc2ccccc2)[C@H](OCc2ccccc2)[C@@H]1OCc1ccccc1. The Morgan fingerprint density at radius 1 is 0.574 bits per heavy atom. The topological polar surface area (TPSA) is 72.5 Å². The number of benzene rings is 4. The van der Waals surface area contributed by atoms with Crippen molar-refractivity contribution >= 4 is 5.97 Å². The van der Waals surface area contributed by atoms with E-state index >= 15 is 0 Å². The number of esters is 1. The summed E-state index contributed by atoms with van der Waals surface area (Å²) in [6.07, 6.45) is -0.754. The van der Waals surface area contributed by atoms with Crippen LogP contribution in [0.15, 0.2) is 121 Å².